The van der Waals surface area contributed by atoms with Crippen molar-refractivity contribution < 1.29 is 14.1 Å². The predicted octanol–water partition coefficient (Wildman–Crippen LogP) is 1.92. The van der Waals surface area contributed by atoms with Crippen LogP contribution < -0.4 is 0 Å². The fraction of sp³-hybridized carbons (Fsp3) is 0.429. The Balaban J connectivity index is 2.93. The molecule has 4 nitrogen and oxygen atoms in total. The highest BCUT2D eigenvalue weighted by molar-refractivity contribution is 9.10. The molecular formula is C7H8BrNO3. The quantitative estimate of drug-likeness (QED) is 0.733. The molecule has 0 atom stereocenters. The van der Waals surface area contributed by atoms with Crippen LogP contribution in [0.4, 0.5) is 0 Å². The van der Waals surface area contributed by atoms with Crippen LogP contribution in [0.15, 0.2) is 9.13 Å². The molecule has 0 bridgehead atoms. The van der Waals surface area contributed by atoms with Crippen LogP contribution >= 0.6 is 15.9 Å². The predicted molar refractivity (Wildman–Crippen MR) is 44.9 cm³/mol. The third kappa shape index (κ3) is 1.66. The highest BCUT2D eigenvalue weighted by atomic mass is 79.9. The van der Waals surface area contributed by atoms with Gasteiger partial charge in [-0.2, -0.15) is 0 Å². The van der Waals surface area contributed by atoms with Crippen molar-refractivity contribution in [2.24, 2.45) is 0 Å². The Morgan fingerprint density at radius 2 is 2.42 bits per heavy atom. The Morgan fingerprint density at radius 3 is 2.83 bits per heavy atom. The number of esters is 1. The first-order valence-electron chi connectivity index (χ1n) is 3.45. The van der Waals surface area contributed by atoms with Crippen LogP contribution in [0.3, 0.4) is 0 Å². The van der Waals surface area contributed by atoms with Crippen molar-refractivity contribution in [3.05, 3.63) is 15.9 Å². The average molecular weight is 234 g/mol. The topological polar surface area (TPSA) is 52.3 Å². The van der Waals surface area contributed by atoms with Gasteiger partial charge >= 0.3 is 5.97 Å². The van der Waals surface area contributed by atoms with Crippen molar-refractivity contribution in [2.45, 2.75) is 13.8 Å². The first kappa shape index (κ1) is 9.25. The van der Waals surface area contributed by atoms with E-state index in [0.29, 0.717) is 22.5 Å². The van der Waals surface area contributed by atoms with Gasteiger partial charge in [-0.25, -0.2) is 4.79 Å². The van der Waals surface area contributed by atoms with Crippen LogP contribution in [0.5, 0.6) is 0 Å². The number of nitrogens with zero attached hydrogens (tertiary/aromatic N) is 1. The van der Waals surface area contributed by atoms with Gasteiger partial charge in [0.1, 0.15) is 11.3 Å². The van der Waals surface area contributed by atoms with E-state index in [0.717, 1.165) is 0 Å². The van der Waals surface area contributed by atoms with E-state index >= 15 is 0 Å². The van der Waals surface area contributed by atoms with Crippen molar-refractivity contribution in [3.8, 4) is 0 Å². The number of carbonyl (C=O) groups is 1. The summed E-state index contributed by atoms with van der Waals surface area (Å²) in [7, 11) is 0. The van der Waals surface area contributed by atoms with Crippen LogP contribution in [0.25, 0.3) is 0 Å². The van der Waals surface area contributed by atoms with E-state index in [9.17, 15) is 4.79 Å². The van der Waals surface area contributed by atoms with Gasteiger partial charge in [0, 0.05) is 0 Å². The number of aryl methyl sites for hydroxylation is 1. The van der Waals surface area contributed by atoms with Gasteiger partial charge < -0.3 is 9.26 Å². The molecule has 0 fully saturated rings. The Morgan fingerprint density at radius 1 is 1.75 bits per heavy atom. The first-order valence-corrected chi connectivity index (χ1v) is 4.25. The monoisotopic (exact) mass is 233 g/mol. The maximum absolute atomic E-state index is 11.2. The zero-order valence-electron chi connectivity index (χ0n) is 6.76. The normalized spacial score (nSPS) is 9.92. The Kier molecular flexibility index (Phi) is 2.86. The van der Waals surface area contributed by atoms with Gasteiger partial charge in [-0.3, -0.25) is 0 Å². The molecule has 0 aliphatic carbocycles. The molecule has 0 aliphatic rings. The summed E-state index contributed by atoms with van der Waals surface area (Å²) in [5, 5.41) is 3.56. The van der Waals surface area contributed by atoms with Gasteiger partial charge in [-0.15, -0.1) is 0 Å². The third-order valence-corrected chi connectivity index (χ3v) is 1.84. The van der Waals surface area contributed by atoms with Crippen molar-refractivity contribution in [3.63, 3.8) is 0 Å². The molecule has 1 aromatic rings. The van der Waals surface area contributed by atoms with E-state index in [1.54, 1.807) is 13.8 Å². The second-order valence-electron chi connectivity index (χ2n) is 2.13. The molecule has 0 amide bonds. The lowest BCUT2D eigenvalue weighted by Gasteiger charge is -1.98. The molecule has 5 heteroatoms. The molecule has 0 saturated carbocycles. The second kappa shape index (κ2) is 3.71. The van der Waals surface area contributed by atoms with Gasteiger partial charge in [-0.05, 0) is 29.8 Å². The number of ether oxygens (including phenoxy) is 1. The number of rotatable bonds is 2. The molecule has 0 aromatic carbocycles. The van der Waals surface area contributed by atoms with Gasteiger partial charge in [0.15, 0.2) is 4.60 Å². The molecule has 0 aliphatic heterocycles. The Hall–Kier alpha value is -0.840. The van der Waals surface area contributed by atoms with E-state index < -0.39 is 5.97 Å². The summed E-state index contributed by atoms with van der Waals surface area (Å²) in [6.07, 6.45) is 0. The van der Waals surface area contributed by atoms with E-state index in [1.807, 2.05) is 0 Å². The summed E-state index contributed by atoms with van der Waals surface area (Å²) < 4.78 is 9.93. The minimum atomic E-state index is -0.414. The highest BCUT2D eigenvalue weighted by Gasteiger charge is 2.19. The van der Waals surface area contributed by atoms with E-state index in [1.165, 1.54) is 0 Å². The van der Waals surface area contributed by atoms with Crippen LogP contribution in [0, 0.1) is 6.92 Å². The second-order valence-corrected chi connectivity index (χ2v) is 2.88. The summed E-state index contributed by atoms with van der Waals surface area (Å²) >= 11 is 3.08. The highest BCUT2D eigenvalue weighted by Crippen LogP contribution is 2.19. The Labute approximate surface area is 78.0 Å². The summed E-state index contributed by atoms with van der Waals surface area (Å²) in [6, 6.07) is 0. The van der Waals surface area contributed by atoms with Crippen LogP contribution in [-0.2, 0) is 4.74 Å². The zero-order chi connectivity index (χ0) is 9.14. The largest absolute Gasteiger partial charge is 0.462 e. The summed E-state index contributed by atoms with van der Waals surface area (Å²) in [5.41, 5.74) is 0.358. The van der Waals surface area contributed by atoms with Crippen LogP contribution in [0.2, 0.25) is 0 Å². The van der Waals surface area contributed by atoms with Gasteiger partial charge in [-0.1, -0.05) is 5.16 Å². The number of hydrogen-bond donors (Lipinski definition) is 0. The molecule has 66 valence electrons. The first-order chi connectivity index (χ1) is 5.66. The third-order valence-electron chi connectivity index (χ3n) is 1.30. The van der Waals surface area contributed by atoms with Crippen LogP contribution in [0.1, 0.15) is 23.0 Å². The van der Waals surface area contributed by atoms with Gasteiger partial charge in [0.2, 0.25) is 0 Å². The molecule has 0 N–H and O–H groups in total. The standard InChI is InChI=1S/C7H8BrNO3/c1-3-11-7(10)5-4(2)12-9-6(5)8/h3H2,1-2H3. The molecule has 1 heterocycles. The summed E-state index contributed by atoms with van der Waals surface area (Å²) in [4.78, 5) is 11.2. The van der Waals surface area contributed by atoms with E-state index in [-0.39, 0.29) is 0 Å². The number of hydrogen-bond acceptors (Lipinski definition) is 4. The maximum Gasteiger partial charge on any atom is 0.344 e. The Bertz CT molecular complexity index is 275. The smallest absolute Gasteiger partial charge is 0.344 e. The molecule has 0 radical (unpaired) electrons. The molecule has 0 saturated heterocycles. The van der Waals surface area contributed by atoms with Crippen molar-refractivity contribution >= 4 is 21.9 Å². The minimum absolute atomic E-state index is 0.343. The lowest BCUT2D eigenvalue weighted by molar-refractivity contribution is 0.0523. The molecule has 1 rings (SSSR count). The minimum Gasteiger partial charge on any atom is -0.462 e. The summed E-state index contributed by atoms with van der Waals surface area (Å²) in [5.74, 6) is 0.0449. The zero-order valence-corrected chi connectivity index (χ0v) is 8.34. The number of aromatic nitrogens is 1. The SMILES string of the molecule is CCOC(=O)c1c(Br)noc1C. The fourth-order valence-electron chi connectivity index (χ4n) is 0.776. The molecule has 1 aromatic heterocycles. The van der Waals surface area contributed by atoms with E-state index in [2.05, 4.69) is 21.1 Å². The molecule has 12 heavy (non-hydrogen) atoms. The van der Waals surface area contributed by atoms with Gasteiger partial charge in [0.05, 0.1) is 6.61 Å². The summed E-state index contributed by atoms with van der Waals surface area (Å²) in [6.45, 7) is 3.74. The maximum atomic E-state index is 11.2. The lowest BCUT2D eigenvalue weighted by Crippen LogP contribution is -2.05. The van der Waals surface area contributed by atoms with Crippen LogP contribution in [-0.4, -0.2) is 17.7 Å². The van der Waals surface area contributed by atoms with Crippen molar-refractivity contribution in [1.29, 1.82) is 0 Å². The molecule has 0 unspecified atom stereocenters. The van der Waals surface area contributed by atoms with E-state index in [4.69, 9.17) is 9.26 Å². The molecule has 0 spiro atoms. The molecular weight excluding hydrogens is 226 g/mol. The fourth-order valence-corrected chi connectivity index (χ4v) is 1.29. The number of carbonyl (C=O) groups excluding carboxylic acids is 1. The number of halogens is 1. The van der Waals surface area contributed by atoms with Crippen molar-refractivity contribution in [1.82, 2.24) is 5.16 Å². The average Bonchev–Trinajstić information content (AvgIpc) is 2.32. The van der Waals surface area contributed by atoms with Gasteiger partial charge in [0.25, 0.3) is 0 Å². The lowest BCUT2D eigenvalue weighted by atomic mass is 10.3. The van der Waals surface area contributed by atoms with Crippen molar-refractivity contribution in [2.75, 3.05) is 6.61 Å².